The second kappa shape index (κ2) is 12.2. The maximum Gasteiger partial charge on any atom is 0.416 e. The summed E-state index contributed by atoms with van der Waals surface area (Å²) in [4.78, 5) is 23.3. The number of benzene rings is 2. The molecule has 40 heavy (non-hydrogen) atoms. The van der Waals surface area contributed by atoms with Crippen molar-refractivity contribution in [3.05, 3.63) is 82.0 Å². The standard InChI is InChI=1S/C27H25ClF6N4O.ClH/c1-36-7-9-38(10-8-36)24-14-21(20-5-3-4-6-23(20)28)22(15-35-24)25(39)37(2)16-17-11-18(26(29,30)31)13-19(12-17)27(32,33)34;/h3-6,11-15H,7-10,16H2,1-2H3;1H. The van der Waals surface area contributed by atoms with Gasteiger partial charge in [0.05, 0.1) is 16.7 Å². The zero-order chi connectivity index (χ0) is 28.5. The van der Waals surface area contributed by atoms with Crippen LogP contribution in [0.3, 0.4) is 0 Å². The number of nitrogens with zero attached hydrogens (tertiary/aromatic N) is 4. The number of alkyl halides is 6. The van der Waals surface area contributed by atoms with Gasteiger partial charge in [-0.1, -0.05) is 29.8 Å². The number of anilines is 1. The van der Waals surface area contributed by atoms with Crippen LogP contribution in [0.4, 0.5) is 32.2 Å². The fraction of sp³-hybridized carbons (Fsp3) is 0.333. The van der Waals surface area contributed by atoms with Gasteiger partial charge in [0.25, 0.3) is 5.91 Å². The zero-order valence-corrected chi connectivity index (χ0v) is 23.1. The normalized spacial score (nSPS) is 14.6. The molecule has 1 amide bonds. The van der Waals surface area contributed by atoms with Crippen molar-refractivity contribution in [2.45, 2.75) is 18.9 Å². The van der Waals surface area contributed by atoms with Crippen LogP contribution >= 0.6 is 24.0 Å². The highest BCUT2D eigenvalue weighted by Gasteiger charge is 2.37. The van der Waals surface area contributed by atoms with E-state index in [0.29, 0.717) is 34.1 Å². The fourth-order valence-corrected chi connectivity index (χ4v) is 4.63. The Hall–Kier alpha value is -3.02. The van der Waals surface area contributed by atoms with E-state index in [1.54, 1.807) is 30.3 Å². The Kier molecular flexibility index (Phi) is 9.64. The first-order valence-corrected chi connectivity index (χ1v) is 12.3. The molecular formula is C27H26Cl2F6N4O. The van der Waals surface area contributed by atoms with E-state index in [9.17, 15) is 31.1 Å². The lowest BCUT2D eigenvalue weighted by Gasteiger charge is -2.33. The molecule has 1 aliphatic rings. The number of hydrogen-bond donors (Lipinski definition) is 0. The number of amides is 1. The van der Waals surface area contributed by atoms with Crippen LogP contribution < -0.4 is 4.90 Å². The highest BCUT2D eigenvalue weighted by Crippen LogP contribution is 2.37. The number of aromatic nitrogens is 1. The molecule has 0 spiro atoms. The largest absolute Gasteiger partial charge is 0.416 e. The monoisotopic (exact) mass is 606 g/mol. The molecule has 1 aliphatic heterocycles. The van der Waals surface area contributed by atoms with Crippen molar-refractivity contribution in [2.75, 3.05) is 45.2 Å². The van der Waals surface area contributed by atoms with Gasteiger partial charge in [0.1, 0.15) is 5.82 Å². The first kappa shape index (κ1) is 31.5. The maximum absolute atomic E-state index is 13.5. The average molecular weight is 607 g/mol. The Morgan fingerprint density at radius 3 is 2.05 bits per heavy atom. The van der Waals surface area contributed by atoms with Crippen molar-refractivity contribution in [1.82, 2.24) is 14.8 Å². The molecule has 1 aromatic heterocycles. The number of carbonyl (C=O) groups is 1. The molecule has 0 bridgehead atoms. The van der Waals surface area contributed by atoms with Gasteiger partial charge in [-0.15, -0.1) is 12.4 Å². The van der Waals surface area contributed by atoms with Gasteiger partial charge in [0.15, 0.2) is 0 Å². The quantitative estimate of drug-likeness (QED) is 0.297. The third kappa shape index (κ3) is 7.18. The van der Waals surface area contributed by atoms with Crippen molar-refractivity contribution in [3.8, 4) is 11.1 Å². The van der Waals surface area contributed by atoms with Crippen LogP contribution in [0, 0.1) is 0 Å². The SMILES string of the molecule is CN1CCN(c2cc(-c3ccccc3Cl)c(C(=O)N(C)Cc3cc(C(F)(F)F)cc(C(F)(F)F)c3)cn2)CC1.Cl. The number of piperazine rings is 1. The number of likely N-dealkylation sites (N-methyl/N-ethyl adjacent to an activating group) is 1. The van der Waals surface area contributed by atoms with Crippen molar-refractivity contribution in [2.24, 2.45) is 0 Å². The second-order valence-corrected chi connectivity index (χ2v) is 9.84. The van der Waals surface area contributed by atoms with Crippen LogP contribution in [-0.2, 0) is 18.9 Å². The molecule has 2 heterocycles. The van der Waals surface area contributed by atoms with Gasteiger partial charge in [-0.3, -0.25) is 4.79 Å². The summed E-state index contributed by atoms with van der Waals surface area (Å²) < 4.78 is 79.9. The predicted octanol–water partition coefficient (Wildman–Crippen LogP) is 6.89. The predicted molar refractivity (Wildman–Crippen MR) is 144 cm³/mol. The molecule has 0 N–H and O–H groups in total. The minimum atomic E-state index is -4.99. The minimum absolute atomic E-state index is 0. The zero-order valence-electron chi connectivity index (χ0n) is 21.5. The molecule has 0 aliphatic carbocycles. The highest BCUT2D eigenvalue weighted by molar-refractivity contribution is 6.33. The average Bonchev–Trinajstić information content (AvgIpc) is 2.87. The molecule has 3 aromatic rings. The van der Waals surface area contributed by atoms with Gasteiger partial charge in [0, 0.05) is 62.1 Å². The molecule has 1 fully saturated rings. The Labute approximate surface area is 238 Å². The van der Waals surface area contributed by atoms with E-state index in [4.69, 9.17) is 11.6 Å². The van der Waals surface area contributed by atoms with E-state index >= 15 is 0 Å². The first-order valence-electron chi connectivity index (χ1n) is 12.0. The Morgan fingerprint density at radius 1 is 0.925 bits per heavy atom. The van der Waals surface area contributed by atoms with Crippen molar-refractivity contribution < 1.29 is 31.1 Å². The minimum Gasteiger partial charge on any atom is -0.354 e. The Bertz CT molecular complexity index is 1330. The Morgan fingerprint density at radius 2 is 1.50 bits per heavy atom. The highest BCUT2D eigenvalue weighted by atomic mass is 35.5. The van der Waals surface area contributed by atoms with Crippen LogP contribution in [0.5, 0.6) is 0 Å². The van der Waals surface area contributed by atoms with E-state index in [-0.39, 0.29) is 29.6 Å². The molecule has 0 radical (unpaired) electrons. The maximum atomic E-state index is 13.5. The number of carbonyl (C=O) groups excluding carboxylic acids is 1. The Balaban J connectivity index is 0.00000441. The van der Waals surface area contributed by atoms with Gasteiger partial charge in [-0.2, -0.15) is 26.3 Å². The van der Waals surface area contributed by atoms with Crippen molar-refractivity contribution >= 4 is 35.7 Å². The summed E-state index contributed by atoms with van der Waals surface area (Å²) in [7, 11) is 3.32. The van der Waals surface area contributed by atoms with Gasteiger partial charge in [-0.05, 0) is 42.9 Å². The fourth-order valence-electron chi connectivity index (χ4n) is 4.39. The molecule has 4 rings (SSSR count). The molecule has 5 nitrogen and oxygen atoms in total. The lowest BCUT2D eigenvalue weighted by molar-refractivity contribution is -0.143. The molecular weight excluding hydrogens is 581 g/mol. The van der Waals surface area contributed by atoms with Crippen LogP contribution in [0.2, 0.25) is 5.02 Å². The van der Waals surface area contributed by atoms with E-state index in [1.165, 1.54) is 13.2 Å². The molecule has 0 saturated carbocycles. The molecule has 1 saturated heterocycles. The van der Waals surface area contributed by atoms with Gasteiger partial charge in [-0.25, -0.2) is 4.98 Å². The molecule has 2 aromatic carbocycles. The number of halogens is 8. The van der Waals surface area contributed by atoms with E-state index in [0.717, 1.165) is 31.1 Å². The summed E-state index contributed by atoms with van der Waals surface area (Å²) >= 11 is 6.44. The van der Waals surface area contributed by atoms with Crippen molar-refractivity contribution in [3.63, 3.8) is 0 Å². The summed E-state index contributed by atoms with van der Waals surface area (Å²) in [5, 5.41) is 0.373. The van der Waals surface area contributed by atoms with Gasteiger partial charge in [0.2, 0.25) is 0 Å². The summed E-state index contributed by atoms with van der Waals surface area (Å²) in [6, 6.07) is 9.88. The molecule has 0 atom stereocenters. The molecule has 13 heteroatoms. The molecule has 216 valence electrons. The van der Waals surface area contributed by atoms with Crippen LogP contribution in [0.25, 0.3) is 11.1 Å². The second-order valence-electron chi connectivity index (χ2n) is 9.43. The van der Waals surface area contributed by atoms with Crippen LogP contribution in [0.1, 0.15) is 27.0 Å². The van der Waals surface area contributed by atoms with Crippen LogP contribution in [-0.4, -0.2) is 61.0 Å². The lowest BCUT2D eigenvalue weighted by atomic mass is 9.99. The van der Waals surface area contributed by atoms with Gasteiger partial charge < -0.3 is 14.7 Å². The van der Waals surface area contributed by atoms with Gasteiger partial charge >= 0.3 is 12.4 Å². The third-order valence-corrected chi connectivity index (χ3v) is 6.85. The number of pyridine rings is 1. The summed E-state index contributed by atoms with van der Waals surface area (Å²) in [6.07, 6.45) is -8.60. The van der Waals surface area contributed by atoms with E-state index in [1.807, 2.05) is 7.05 Å². The number of hydrogen-bond acceptors (Lipinski definition) is 4. The lowest BCUT2D eigenvalue weighted by Crippen LogP contribution is -2.44. The van der Waals surface area contributed by atoms with E-state index in [2.05, 4.69) is 14.8 Å². The van der Waals surface area contributed by atoms with Crippen LogP contribution in [0.15, 0.2) is 54.7 Å². The smallest absolute Gasteiger partial charge is 0.354 e. The van der Waals surface area contributed by atoms with Crippen molar-refractivity contribution in [1.29, 1.82) is 0 Å². The summed E-state index contributed by atoms with van der Waals surface area (Å²) in [6.45, 7) is 2.59. The number of rotatable bonds is 5. The first-order chi connectivity index (χ1) is 18.2. The summed E-state index contributed by atoms with van der Waals surface area (Å²) in [5.41, 5.74) is -2.07. The van der Waals surface area contributed by atoms with E-state index < -0.39 is 35.9 Å². The topological polar surface area (TPSA) is 39.7 Å². The summed E-state index contributed by atoms with van der Waals surface area (Å²) in [5.74, 6) is -0.00163. The molecule has 0 unspecified atom stereocenters. The third-order valence-electron chi connectivity index (χ3n) is 6.53.